The van der Waals surface area contributed by atoms with Gasteiger partial charge in [-0.25, -0.2) is 13.2 Å². The maximum Gasteiger partial charge on any atom is 0.416 e. The Morgan fingerprint density at radius 1 is 1.05 bits per heavy atom. The van der Waals surface area contributed by atoms with Crippen molar-refractivity contribution < 1.29 is 36.6 Å². The number of nitrogen functional groups attached to an aromatic ring is 1. The molecule has 0 spiro atoms. The standard InChI is InChI=1S/C28H33F3N6O5S/c1-43(41,42)36-10-9-24-22(17-36)25(18-5-7-19(8-6-18)28(29,30)31)33-37(24)16-20(38)15-34-11-13-35(14-12-34)26-21(27(39)40)3-2-4-23(26)32/h2-8,20,38H,9-17,32H2,1H3,(H,39,40). The minimum atomic E-state index is -4.49. The normalized spacial score (nSPS) is 17.6. The van der Waals surface area contributed by atoms with E-state index in [4.69, 9.17) is 5.73 Å². The van der Waals surface area contributed by atoms with Gasteiger partial charge in [0, 0.05) is 69.1 Å². The molecular formula is C28H33F3N6O5S. The van der Waals surface area contributed by atoms with Crippen LogP contribution in [0.5, 0.6) is 0 Å². The van der Waals surface area contributed by atoms with E-state index < -0.39 is 33.8 Å². The van der Waals surface area contributed by atoms with Crippen LogP contribution >= 0.6 is 0 Å². The molecule has 15 heteroatoms. The second-order valence-corrected chi connectivity index (χ2v) is 12.9. The number of aromatic carboxylic acids is 1. The molecule has 2 aromatic carbocycles. The molecule has 43 heavy (non-hydrogen) atoms. The summed E-state index contributed by atoms with van der Waals surface area (Å²) in [6.07, 6.45) is -3.89. The molecule has 1 saturated heterocycles. The van der Waals surface area contributed by atoms with Crippen molar-refractivity contribution in [3.05, 3.63) is 64.8 Å². The lowest BCUT2D eigenvalue weighted by Crippen LogP contribution is -2.49. The van der Waals surface area contributed by atoms with E-state index in [0.29, 0.717) is 67.3 Å². The second-order valence-electron chi connectivity index (χ2n) is 10.9. The van der Waals surface area contributed by atoms with Crippen LogP contribution in [0.25, 0.3) is 11.3 Å². The van der Waals surface area contributed by atoms with E-state index in [1.807, 2.05) is 4.90 Å². The molecule has 0 radical (unpaired) electrons. The number of piperazine rings is 1. The average molecular weight is 623 g/mol. The van der Waals surface area contributed by atoms with Crippen molar-refractivity contribution in [2.45, 2.75) is 31.8 Å². The lowest BCUT2D eigenvalue weighted by atomic mass is 10.0. The first-order valence-corrected chi connectivity index (χ1v) is 15.6. The van der Waals surface area contributed by atoms with Crippen LogP contribution in [0.4, 0.5) is 24.5 Å². The van der Waals surface area contributed by atoms with Crippen molar-refractivity contribution >= 4 is 27.4 Å². The molecule has 0 saturated carbocycles. The van der Waals surface area contributed by atoms with Crippen LogP contribution in [-0.2, 0) is 35.7 Å². The zero-order valence-corrected chi connectivity index (χ0v) is 24.3. The highest BCUT2D eigenvalue weighted by atomic mass is 32.2. The fourth-order valence-corrected chi connectivity index (χ4v) is 6.53. The zero-order valence-electron chi connectivity index (χ0n) is 23.5. The Labute approximate surface area is 247 Å². The summed E-state index contributed by atoms with van der Waals surface area (Å²) in [7, 11) is -3.51. The molecule has 3 aromatic rings. The molecule has 11 nitrogen and oxygen atoms in total. The lowest BCUT2D eigenvalue weighted by Gasteiger charge is -2.37. The van der Waals surface area contributed by atoms with E-state index in [9.17, 15) is 36.6 Å². The number of aliphatic hydroxyl groups is 1. The number of nitrogens with two attached hydrogens (primary N) is 1. The highest BCUT2D eigenvalue weighted by Gasteiger charge is 2.33. The number of sulfonamides is 1. The topological polar surface area (TPSA) is 145 Å². The van der Waals surface area contributed by atoms with Crippen LogP contribution in [0.2, 0.25) is 0 Å². The van der Waals surface area contributed by atoms with Gasteiger partial charge in [-0.15, -0.1) is 0 Å². The third-order valence-corrected chi connectivity index (χ3v) is 9.14. The number of benzene rings is 2. The molecule has 2 aliphatic heterocycles. The van der Waals surface area contributed by atoms with E-state index in [-0.39, 0.29) is 25.2 Å². The van der Waals surface area contributed by atoms with Crippen molar-refractivity contribution in [1.29, 1.82) is 0 Å². The van der Waals surface area contributed by atoms with Gasteiger partial charge in [0.05, 0.1) is 47.1 Å². The number of nitrogens with zero attached hydrogens (tertiary/aromatic N) is 5. The van der Waals surface area contributed by atoms with Gasteiger partial charge in [-0.05, 0) is 24.3 Å². The number of carbonyl (C=O) groups is 1. The van der Waals surface area contributed by atoms with Crippen LogP contribution in [-0.4, -0.2) is 95.2 Å². The molecular weight excluding hydrogens is 589 g/mol. The fourth-order valence-electron chi connectivity index (χ4n) is 5.75. The van der Waals surface area contributed by atoms with Crippen molar-refractivity contribution in [3.8, 4) is 11.3 Å². The predicted octanol–water partition coefficient (Wildman–Crippen LogP) is 2.35. The Bertz CT molecular complexity index is 1600. The van der Waals surface area contributed by atoms with E-state index in [0.717, 1.165) is 24.1 Å². The highest BCUT2D eigenvalue weighted by Crippen LogP contribution is 2.34. The van der Waals surface area contributed by atoms with Crippen LogP contribution in [0.15, 0.2) is 42.5 Å². The van der Waals surface area contributed by atoms with Crippen molar-refractivity contribution in [2.75, 3.05) is 56.2 Å². The first-order chi connectivity index (χ1) is 20.2. The number of fused-ring (bicyclic) bond motifs is 1. The van der Waals surface area contributed by atoms with Gasteiger partial charge in [-0.1, -0.05) is 18.2 Å². The molecule has 1 atom stereocenters. The Kier molecular flexibility index (Phi) is 8.44. The minimum absolute atomic E-state index is 0.0313. The summed E-state index contributed by atoms with van der Waals surface area (Å²) >= 11 is 0. The van der Waals surface area contributed by atoms with Crippen LogP contribution in [0.1, 0.15) is 27.2 Å². The monoisotopic (exact) mass is 622 g/mol. The maximum absolute atomic E-state index is 13.1. The molecule has 2 aliphatic rings. The number of β-amino-alcohol motifs (C(OH)–C–C–N with tert-alkyl or cyclic N) is 1. The number of carboxylic acids is 1. The molecule has 1 unspecified atom stereocenters. The maximum atomic E-state index is 13.1. The summed E-state index contributed by atoms with van der Waals surface area (Å²) in [5.74, 6) is -1.06. The first-order valence-electron chi connectivity index (χ1n) is 13.7. The average Bonchev–Trinajstić information content (AvgIpc) is 3.30. The smallest absolute Gasteiger partial charge is 0.416 e. The summed E-state index contributed by atoms with van der Waals surface area (Å²) in [5, 5.41) is 25.3. The van der Waals surface area contributed by atoms with E-state index in [1.54, 1.807) is 16.8 Å². The van der Waals surface area contributed by atoms with Crippen molar-refractivity contribution in [2.24, 2.45) is 0 Å². The number of aromatic nitrogens is 2. The molecule has 4 N–H and O–H groups in total. The van der Waals surface area contributed by atoms with Gasteiger partial charge in [-0.3, -0.25) is 9.58 Å². The summed E-state index contributed by atoms with van der Waals surface area (Å²) < 4.78 is 66.9. The number of rotatable bonds is 8. The first kappa shape index (κ1) is 30.8. The molecule has 3 heterocycles. The van der Waals surface area contributed by atoms with Crippen molar-refractivity contribution in [1.82, 2.24) is 19.0 Å². The quantitative estimate of drug-likeness (QED) is 0.323. The molecule has 5 rings (SSSR count). The van der Waals surface area contributed by atoms with Crippen LogP contribution < -0.4 is 10.6 Å². The third-order valence-electron chi connectivity index (χ3n) is 7.89. The number of carboxylic acid groups (broad SMARTS) is 1. The summed E-state index contributed by atoms with van der Waals surface area (Å²) in [6.45, 7) is 2.81. The molecule has 0 bridgehead atoms. The largest absolute Gasteiger partial charge is 0.478 e. The predicted molar refractivity (Wildman–Crippen MR) is 154 cm³/mol. The lowest BCUT2D eigenvalue weighted by molar-refractivity contribution is -0.137. The molecule has 1 fully saturated rings. The molecule has 0 aliphatic carbocycles. The third kappa shape index (κ3) is 6.64. The number of aliphatic hydroxyl groups excluding tert-OH is 1. The van der Waals surface area contributed by atoms with Gasteiger partial charge >= 0.3 is 12.1 Å². The van der Waals surface area contributed by atoms with Crippen LogP contribution in [0.3, 0.4) is 0 Å². The fraction of sp³-hybridized carbons (Fsp3) is 0.429. The number of anilines is 2. The summed E-state index contributed by atoms with van der Waals surface area (Å²) in [4.78, 5) is 15.7. The number of alkyl halides is 3. The Morgan fingerprint density at radius 3 is 2.33 bits per heavy atom. The number of hydrogen-bond donors (Lipinski definition) is 3. The Hall–Kier alpha value is -3.66. The van der Waals surface area contributed by atoms with Gasteiger partial charge in [-0.2, -0.15) is 22.6 Å². The SMILES string of the molecule is CS(=O)(=O)N1CCc2c(c(-c3ccc(C(F)(F)F)cc3)nn2CC(O)CN2CCN(c3c(N)cccc3C(=O)O)CC2)C1. The van der Waals surface area contributed by atoms with Gasteiger partial charge in [0.25, 0.3) is 0 Å². The molecule has 0 amide bonds. The zero-order chi connectivity index (χ0) is 31.1. The van der Waals surface area contributed by atoms with E-state index in [2.05, 4.69) is 10.00 Å². The summed E-state index contributed by atoms with van der Waals surface area (Å²) in [6, 6.07) is 9.36. The molecule has 1 aromatic heterocycles. The minimum Gasteiger partial charge on any atom is -0.478 e. The van der Waals surface area contributed by atoms with Gasteiger partial charge in [0.1, 0.15) is 0 Å². The number of hydrogen-bond acceptors (Lipinski definition) is 8. The van der Waals surface area contributed by atoms with Gasteiger partial charge in [0.15, 0.2) is 0 Å². The van der Waals surface area contributed by atoms with E-state index in [1.165, 1.54) is 22.5 Å². The Balaban J connectivity index is 1.31. The molecule has 232 valence electrons. The van der Waals surface area contributed by atoms with Crippen LogP contribution in [0, 0.1) is 0 Å². The Morgan fingerprint density at radius 2 is 1.72 bits per heavy atom. The second kappa shape index (κ2) is 11.8. The van der Waals surface area contributed by atoms with Gasteiger partial charge in [0.2, 0.25) is 10.0 Å². The highest BCUT2D eigenvalue weighted by molar-refractivity contribution is 7.88. The summed E-state index contributed by atoms with van der Waals surface area (Å²) in [5.41, 5.74) is 8.44. The number of para-hydroxylation sites is 1. The van der Waals surface area contributed by atoms with E-state index >= 15 is 0 Å². The van der Waals surface area contributed by atoms with Crippen molar-refractivity contribution in [3.63, 3.8) is 0 Å². The number of halogens is 3. The van der Waals surface area contributed by atoms with Gasteiger partial charge < -0.3 is 20.8 Å².